The van der Waals surface area contributed by atoms with Gasteiger partial charge in [0, 0.05) is 11.4 Å². The van der Waals surface area contributed by atoms with Gasteiger partial charge >= 0.3 is 0 Å². The lowest BCUT2D eigenvalue weighted by Crippen LogP contribution is -2.04. The van der Waals surface area contributed by atoms with E-state index in [2.05, 4.69) is 10.3 Å². The third-order valence-electron chi connectivity index (χ3n) is 2.77. The number of rotatable bonds is 7. The van der Waals surface area contributed by atoms with Crippen molar-refractivity contribution in [2.45, 2.75) is 27.0 Å². The van der Waals surface area contributed by atoms with Crippen molar-refractivity contribution in [3.63, 3.8) is 0 Å². The molecular weight excluding hydrogens is 272 g/mol. The molecule has 2 aromatic rings. The lowest BCUT2D eigenvalue weighted by molar-refractivity contribution is 0.269. The average molecular weight is 292 g/mol. The van der Waals surface area contributed by atoms with Crippen molar-refractivity contribution in [2.75, 3.05) is 13.7 Å². The molecule has 5 heteroatoms. The molecule has 0 bridgehead atoms. The van der Waals surface area contributed by atoms with Gasteiger partial charge in [-0.15, -0.1) is 11.3 Å². The van der Waals surface area contributed by atoms with Crippen LogP contribution in [0.5, 0.6) is 11.5 Å². The Bertz CT molecular complexity index is 555. The Hall–Kier alpha value is -1.59. The summed E-state index contributed by atoms with van der Waals surface area (Å²) in [7, 11) is 1.94. The fraction of sp³-hybridized carbons (Fsp3) is 0.400. The monoisotopic (exact) mass is 292 g/mol. The van der Waals surface area contributed by atoms with E-state index in [1.165, 1.54) is 4.88 Å². The largest absolute Gasteiger partial charge is 0.490 e. The number of thiazole rings is 1. The summed E-state index contributed by atoms with van der Waals surface area (Å²) in [4.78, 5) is 5.79. The number of hydrogen-bond donors (Lipinski definition) is 1. The summed E-state index contributed by atoms with van der Waals surface area (Å²) in [6.45, 7) is 5.94. The second-order valence-electron chi connectivity index (χ2n) is 4.31. The Labute approximate surface area is 123 Å². The first-order valence-electron chi connectivity index (χ1n) is 6.69. The molecule has 0 spiro atoms. The highest BCUT2D eigenvalue weighted by molar-refractivity contribution is 7.11. The van der Waals surface area contributed by atoms with Crippen LogP contribution in [0.15, 0.2) is 24.3 Å². The van der Waals surface area contributed by atoms with Crippen LogP contribution in [-0.4, -0.2) is 18.6 Å². The highest BCUT2D eigenvalue weighted by Crippen LogP contribution is 2.28. The average Bonchev–Trinajstić information content (AvgIpc) is 2.79. The Kier molecular flexibility index (Phi) is 5.38. The van der Waals surface area contributed by atoms with Crippen molar-refractivity contribution < 1.29 is 9.47 Å². The van der Waals surface area contributed by atoms with E-state index >= 15 is 0 Å². The summed E-state index contributed by atoms with van der Waals surface area (Å²) in [5.41, 5.74) is 1.07. The van der Waals surface area contributed by atoms with E-state index in [0.717, 1.165) is 28.7 Å². The van der Waals surface area contributed by atoms with Gasteiger partial charge in [0.15, 0.2) is 11.5 Å². The molecule has 0 saturated carbocycles. The third kappa shape index (κ3) is 3.71. The van der Waals surface area contributed by atoms with Crippen LogP contribution in [-0.2, 0) is 13.2 Å². The van der Waals surface area contributed by atoms with Crippen LogP contribution in [0.25, 0.3) is 0 Å². The van der Waals surface area contributed by atoms with Crippen LogP contribution < -0.4 is 14.8 Å². The fourth-order valence-corrected chi connectivity index (χ4v) is 2.85. The number of benzene rings is 1. The number of nitrogens with zero attached hydrogens (tertiary/aromatic N) is 1. The van der Waals surface area contributed by atoms with Crippen LogP contribution in [0.4, 0.5) is 0 Å². The molecule has 108 valence electrons. The number of aryl methyl sites for hydroxylation is 1. The van der Waals surface area contributed by atoms with Crippen molar-refractivity contribution >= 4 is 11.3 Å². The molecule has 0 aliphatic carbocycles. The molecule has 2 rings (SSSR count). The zero-order valence-electron chi connectivity index (χ0n) is 12.1. The van der Waals surface area contributed by atoms with Crippen LogP contribution in [0.2, 0.25) is 0 Å². The van der Waals surface area contributed by atoms with Crippen LogP contribution in [0, 0.1) is 6.92 Å². The predicted octanol–water partition coefficient (Wildman–Crippen LogP) is 3.15. The standard InChI is InChI=1S/C15H20N2O2S/c1-4-18-12-7-5-6-8-13(12)19-10-15-17-11(2)14(20-15)9-16-3/h5-8,16H,4,9-10H2,1-3H3. The lowest BCUT2D eigenvalue weighted by atomic mass is 10.3. The van der Waals surface area contributed by atoms with Gasteiger partial charge in [0.1, 0.15) is 11.6 Å². The first kappa shape index (κ1) is 14.8. The fourth-order valence-electron chi connectivity index (χ4n) is 1.86. The quantitative estimate of drug-likeness (QED) is 0.851. The zero-order chi connectivity index (χ0) is 14.4. The Balaban J connectivity index is 2.03. The minimum absolute atomic E-state index is 0.472. The first-order valence-corrected chi connectivity index (χ1v) is 7.50. The molecule has 0 amide bonds. The molecule has 0 radical (unpaired) electrons. The second kappa shape index (κ2) is 7.26. The summed E-state index contributed by atoms with van der Waals surface area (Å²) in [5.74, 6) is 1.54. The van der Waals surface area contributed by atoms with Crippen molar-refractivity contribution in [3.8, 4) is 11.5 Å². The Morgan fingerprint density at radius 3 is 2.55 bits per heavy atom. The lowest BCUT2D eigenvalue weighted by Gasteiger charge is -2.10. The smallest absolute Gasteiger partial charge is 0.161 e. The van der Waals surface area contributed by atoms with Gasteiger partial charge in [-0.25, -0.2) is 4.98 Å². The van der Waals surface area contributed by atoms with Crippen molar-refractivity contribution in [1.29, 1.82) is 0 Å². The normalized spacial score (nSPS) is 10.6. The highest BCUT2D eigenvalue weighted by Gasteiger charge is 2.09. The van der Waals surface area contributed by atoms with Crippen molar-refractivity contribution in [2.24, 2.45) is 0 Å². The van der Waals surface area contributed by atoms with Gasteiger partial charge in [-0.2, -0.15) is 0 Å². The molecule has 0 atom stereocenters. The van der Waals surface area contributed by atoms with Crippen LogP contribution in [0.3, 0.4) is 0 Å². The summed E-state index contributed by atoms with van der Waals surface area (Å²) in [6, 6.07) is 7.71. The topological polar surface area (TPSA) is 43.4 Å². The highest BCUT2D eigenvalue weighted by atomic mass is 32.1. The van der Waals surface area contributed by atoms with Gasteiger partial charge in [0.05, 0.1) is 12.3 Å². The van der Waals surface area contributed by atoms with Gasteiger partial charge in [-0.3, -0.25) is 0 Å². The third-order valence-corrected chi connectivity index (χ3v) is 3.91. The van der Waals surface area contributed by atoms with E-state index in [0.29, 0.717) is 13.2 Å². The molecule has 1 heterocycles. The summed E-state index contributed by atoms with van der Waals surface area (Å²) in [6.07, 6.45) is 0. The van der Waals surface area contributed by atoms with E-state index in [-0.39, 0.29) is 0 Å². The molecule has 0 aliphatic rings. The van der Waals surface area contributed by atoms with E-state index in [1.54, 1.807) is 11.3 Å². The first-order chi connectivity index (χ1) is 9.74. The molecule has 0 aliphatic heterocycles. The number of nitrogens with one attached hydrogen (secondary N) is 1. The molecule has 0 fully saturated rings. The summed E-state index contributed by atoms with van der Waals surface area (Å²) < 4.78 is 11.4. The van der Waals surface area contributed by atoms with Crippen molar-refractivity contribution in [3.05, 3.63) is 39.8 Å². The van der Waals surface area contributed by atoms with Gasteiger partial charge in [0.25, 0.3) is 0 Å². The van der Waals surface area contributed by atoms with Gasteiger partial charge in [0.2, 0.25) is 0 Å². The minimum atomic E-state index is 0.472. The summed E-state index contributed by atoms with van der Waals surface area (Å²) in [5, 5.41) is 4.13. The van der Waals surface area contributed by atoms with E-state index in [4.69, 9.17) is 9.47 Å². The van der Waals surface area contributed by atoms with E-state index in [9.17, 15) is 0 Å². The predicted molar refractivity (Wildman–Crippen MR) is 81.6 cm³/mol. The molecule has 1 aromatic carbocycles. The number of hydrogen-bond acceptors (Lipinski definition) is 5. The molecule has 20 heavy (non-hydrogen) atoms. The maximum atomic E-state index is 5.82. The molecule has 1 N–H and O–H groups in total. The van der Waals surface area contributed by atoms with E-state index in [1.807, 2.05) is 45.2 Å². The van der Waals surface area contributed by atoms with Gasteiger partial charge in [-0.1, -0.05) is 12.1 Å². The Morgan fingerprint density at radius 2 is 1.90 bits per heavy atom. The van der Waals surface area contributed by atoms with Crippen LogP contribution in [0.1, 0.15) is 22.5 Å². The number of para-hydroxylation sites is 2. The molecule has 0 saturated heterocycles. The minimum Gasteiger partial charge on any atom is -0.490 e. The number of ether oxygens (including phenoxy) is 2. The van der Waals surface area contributed by atoms with Gasteiger partial charge < -0.3 is 14.8 Å². The molecule has 1 aromatic heterocycles. The van der Waals surface area contributed by atoms with Crippen LogP contribution >= 0.6 is 11.3 Å². The number of aromatic nitrogens is 1. The molecular formula is C15H20N2O2S. The summed E-state index contributed by atoms with van der Waals surface area (Å²) >= 11 is 1.68. The van der Waals surface area contributed by atoms with Gasteiger partial charge in [-0.05, 0) is 33.0 Å². The molecule has 4 nitrogen and oxygen atoms in total. The zero-order valence-corrected chi connectivity index (χ0v) is 12.9. The maximum Gasteiger partial charge on any atom is 0.161 e. The van der Waals surface area contributed by atoms with E-state index < -0.39 is 0 Å². The second-order valence-corrected chi connectivity index (χ2v) is 5.48. The SMILES string of the molecule is CCOc1ccccc1OCc1nc(C)c(CNC)s1. The van der Waals surface area contributed by atoms with Crippen molar-refractivity contribution in [1.82, 2.24) is 10.3 Å². The maximum absolute atomic E-state index is 5.82. The Morgan fingerprint density at radius 1 is 1.20 bits per heavy atom. The molecule has 0 unspecified atom stereocenters.